The monoisotopic (exact) mass is 479 g/mol. The molecule has 0 aromatic heterocycles. The molecule has 0 aliphatic rings. The van der Waals surface area contributed by atoms with Gasteiger partial charge in [-0.3, -0.25) is 13.9 Å². The fourth-order valence-electron chi connectivity index (χ4n) is 3.43. The second-order valence-corrected chi connectivity index (χ2v) is 9.94. The smallest absolute Gasteiger partial charge is 0.242 e. The number of benzene rings is 2. The van der Waals surface area contributed by atoms with Crippen molar-refractivity contribution in [1.29, 1.82) is 0 Å². The minimum atomic E-state index is -3.52. The van der Waals surface area contributed by atoms with Crippen LogP contribution in [0.3, 0.4) is 0 Å². The number of aryl methyl sites for hydroxylation is 1. The number of nitrogens with one attached hydrogen (secondary N) is 1. The molecule has 0 aliphatic carbocycles. The number of rotatable bonds is 10. The van der Waals surface area contributed by atoms with Gasteiger partial charge >= 0.3 is 0 Å². The number of hydrogen-bond donors (Lipinski definition) is 1. The fourth-order valence-corrected chi connectivity index (χ4v) is 4.65. The Morgan fingerprint density at radius 3 is 2.31 bits per heavy atom. The van der Waals surface area contributed by atoms with Crippen LogP contribution in [0.25, 0.3) is 0 Å². The van der Waals surface area contributed by atoms with Crippen LogP contribution in [0.2, 0.25) is 5.02 Å². The van der Waals surface area contributed by atoms with E-state index in [4.69, 9.17) is 11.6 Å². The Morgan fingerprint density at radius 1 is 1.09 bits per heavy atom. The predicted octanol–water partition coefficient (Wildman–Crippen LogP) is 3.36. The lowest BCUT2D eigenvalue weighted by atomic mass is 10.1. The number of hydrogen-bond acceptors (Lipinski definition) is 4. The van der Waals surface area contributed by atoms with E-state index in [9.17, 15) is 18.0 Å². The first-order valence-corrected chi connectivity index (χ1v) is 12.6. The van der Waals surface area contributed by atoms with Gasteiger partial charge in [-0.1, -0.05) is 48.0 Å². The van der Waals surface area contributed by atoms with E-state index in [-0.39, 0.29) is 31.3 Å². The molecule has 1 atom stereocenters. The molecule has 0 heterocycles. The predicted molar refractivity (Wildman–Crippen MR) is 128 cm³/mol. The van der Waals surface area contributed by atoms with Gasteiger partial charge in [0.25, 0.3) is 0 Å². The number of carbonyl (C=O) groups is 2. The molecule has 2 aromatic carbocycles. The molecule has 0 spiro atoms. The van der Waals surface area contributed by atoms with Gasteiger partial charge in [0, 0.05) is 31.6 Å². The Balaban J connectivity index is 2.17. The number of halogens is 1. The quantitative estimate of drug-likeness (QED) is 0.566. The summed E-state index contributed by atoms with van der Waals surface area (Å²) in [5.41, 5.74) is 2.16. The van der Waals surface area contributed by atoms with E-state index in [0.29, 0.717) is 17.1 Å². The van der Waals surface area contributed by atoms with E-state index in [1.54, 1.807) is 31.2 Å². The Morgan fingerprint density at radius 2 is 1.72 bits per heavy atom. The van der Waals surface area contributed by atoms with Gasteiger partial charge in [-0.15, -0.1) is 0 Å². The molecule has 0 saturated carbocycles. The summed E-state index contributed by atoms with van der Waals surface area (Å²) in [7, 11) is -2.00. The molecule has 32 heavy (non-hydrogen) atoms. The molecule has 0 bridgehead atoms. The van der Waals surface area contributed by atoms with Crippen LogP contribution in [-0.4, -0.2) is 51.0 Å². The number of nitrogens with zero attached hydrogens (tertiary/aromatic N) is 2. The summed E-state index contributed by atoms with van der Waals surface area (Å²) < 4.78 is 26.1. The molecule has 0 unspecified atom stereocenters. The lowest BCUT2D eigenvalue weighted by Gasteiger charge is -2.29. The highest BCUT2D eigenvalue weighted by Gasteiger charge is 2.26. The number of sulfonamides is 1. The maximum Gasteiger partial charge on any atom is 0.242 e. The van der Waals surface area contributed by atoms with Crippen molar-refractivity contribution in [1.82, 2.24) is 10.2 Å². The fraction of sp³-hybridized carbons (Fsp3) is 0.391. The molecule has 0 saturated heterocycles. The van der Waals surface area contributed by atoms with Crippen LogP contribution in [0.4, 0.5) is 5.69 Å². The van der Waals surface area contributed by atoms with E-state index in [1.807, 2.05) is 31.2 Å². The topological polar surface area (TPSA) is 86.8 Å². The number of para-hydroxylation sites is 1. The summed E-state index contributed by atoms with van der Waals surface area (Å²) in [4.78, 5) is 26.8. The summed E-state index contributed by atoms with van der Waals surface area (Å²) in [6.07, 6.45) is 1.54. The van der Waals surface area contributed by atoms with Crippen LogP contribution in [-0.2, 0) is 26.2 Å². The third-order valence-electron chi connectivity index (χ3n) is 5.25. The molecule has 2 aromatic rings. The SMILES string of the molecule is CNC(=O)[C@H](C)N(Cc1ccccc1Cl)C(=O)CCCN(c1ccccc1C)S(C)(=O)=O. The zero-order valence-electron chi connectivity index (χ0n) is 18.8. The molecule has 2 rings (SSSR count). The van der Waals surface area contributed by atoms with Crippen molar-refractivity contribution in [2.45, 2.75) is 39.3 Å². The van der Waals surface area contributed by atoms with Gasteiger partial charge in [0.2, 0.25) is 21.8 Å². The number of likely N-dealkylation sites (N-methyl/N-ethyl adjacent to an activating group) is 1. The standard InChI is InChI=1S/C23H30ClN3O4S/c1-17-10-5-8-13-21(17)27(32(4,30)31)15-9-14-22(28)26(18(2)23(29)25-3)16-19-11-6-7-12-20(19)24/h5-8,10-13,18H,9,14-16H2,1-4H3,(H,25,29)/t18-/m0/s1. The van der Waals surface area contributed by atoms with E-state index >= 15 is 0 Å². The molecule has 0 aliphatic heterocycles. The van der Waals surface area contributed by atoms with E-state index in [0.717, 1.165) is 17.4 Å². The van der Waals surface area contributed by atoms with Crippen molar-refractivity contribution >= 4 is 39.1 Å². The van der Waals surface area contributed by atoms with Crippen LogP contribution >= 0.6 is 11.6 Å². The second kappa shape index (κ2) is 11.3. The van der Waals surface area contributed by atoms with E-state index in [2.05, 4.69) is 5.32 Å². The lowest BCUT2D eigenvalue weighted by Crippen LogP contribution is -2.46. The third-order valence-corrected chi connectivity index (χ3v) is 6.80. The van der Waals surface area contributed by atoms with Crippen molar-refractivity contribution < 1.29 is 18.0 Å². The number of amides is 2. The molecule has 0 fully saturated rings. The molecular weight excluding hydrogens is 450 g/mol. The van der Waals surface area contributed by atoms with Gasteiger partial charge < -0.3 is 10.2 Å². The van der Waals surface area contributed by atoms with Crippen molar-refractivity contribution in [3.05, 3.63) is 64.7 Å². The number of carbonyl (C=O) groups excluding carboxylic acids is 2. The Kier molecular flexibility index (Phi) is 9.09. The maximum absolute atomic E-state index is 13.1. The second-order valence-electron chi connectivity index (χ2n) is 7.63. The molecule has 2 amide bonds. The molecule has 0 radical (unpaired) electrons. The normalized spacial score (nSPS) is 12.2. The minimum Gasteiger partial charge on any atom is -0.357 e. The number of anilines is 1. The highest BCUT2D eigenvalue weighted by molar-refractivity contribution is 7.92. The molecule has 9 heteroatoms. The van der Waals surface area contributed by atoms with Gasteiger partial charge in [0.05, 0.1) is 11.9 Å². The van der Waals surface area contributed by atoms with Crippen LogP contribution in [0, 0.1) is 6.92 Å². The van der Waals surface area contributed by atoms with Crippen LogP contribution in [0.15, 0.2) is 48.5 Å². The van der Waals surface area contributed by atoms with Crippen molar-refractivity contribution in [3.63, 3.8) is 0 Å². The summed E-state index contributed by atoms with van der Waals surface area (Å²) >= 11 is 6.26. The van der Waals surface area contributed by atoms with Gasteiger partial charge in [-0.25, -0.2) is 8.42 Å². The first kappa shape index (κ1) is 25.7. The van der Waals surface area contributed by atoms with Gasteiger partial charge in [-0.05, 0) is 43.5 Å². The Hall–Kier alpha value is -2.58. The Bertz CT molecular complexity index is 1060. The van der Waals surface area contributed by atoms with Crippen LogP contribution < -0.4 is 9.62 Å². The van der Waals surface area contributed by atoms with Gasteiger partial charge in [0.15, 0.2) is 0 Å². The Labute approximate surface area is 195 Å². The lowest BCUT2D eigenvalue weighted by molar-refractivity contribution is -0.140. The highest BCUT2D eigenvalue weighted by Crippen LogP contribution is 2.23. The molecule has 174 valence electrons. The zero-order chi connectivity index (χ0) is 23.9. The summed E-state index contributed by atoms with van der Waals surface area (Å²) in [6, 6.07) is 13.7. The van der Waals surface area contributed by atoms with Crippen LogP contribution in [0.5, 0.6) is 0 Å². The van der Waals surface area contributed by atoms with E-state index < -0.39 is 16.1 Å². The summed E-state index contributed by atoms with van der Waals surface area (Å²) in [5.74, 6) is -0.540. The molecule has 1 N–H and O–H groups in total. The zero-order valence-corrected chi connectivity index (χ0v) is 20.4. The maximum atomic E-state index is 13.1. The van der Waals surface area contributed by atoms with Gasteiger partial charge in [-0.2, -0.15) is 0 Å². The van der Waals surface area contributed by atoms with Gasteiger partial charge in [0.1, 0.15) is 6.04 Å². The average Bonchev–Trinajstić information content (AvgIpc) is 2.75. The minimum absolute atomic E-state index is 0.0870. The largest absolute Gasteiger partial charge is 0.357 e. The van der Waals surface area contributed by atoms with Crippen molar-refractivity contribution in [2.75, 3.05) is 24.2 Å². The first-order valence-electron chi connectivity index (χ1n) is 10.3. The summed E-state index contributed by atoms with van der Waals surface area (Å²) in [6.45, 7) is 3.84. The van der Waals surface area contributed by atoms with E-state index in [1.165, 1.54) is 16.3 Å². The third kappa shape index (κ3) is 6.71. The van der Waals surface area contributed by atoms with Crippen molar-refractivity contribution in [2.24, 2.45) is 0 Å². The average molecular weight is 480 g/mol. The molecular formula is C23H30ClN3O4S. The van der Waals surface area contributed by atoms with Crippen LogP contribution in [0.1, 0.15) is 30.9 Å². The summed E-state index contributed by atoms with van der Waals surface area (Å²) in [5, 5.41) is 3.08. The first-order chi connectivity index (χ1) is 15.1. The molecule has 7 nitrogen and oxygen atoms in total. The van der Waals surface area contributed by atoms with Crippen molar-refractivity contribution in [3.8, 4) is 0 Å². The highest BCUT2D eigenvalue weighted by atomic mass is 35.5.